The van der Waals surface area contributed by atoms with Crippen molar-refractivity contribution in [2.75, 3.05) is 32.2 Å². The second-order valence-electron chi connectivity index (χ2n) is 7.34. The number of amides is 1. The van der Waals surface area contributed by atoms with Gasteiger partial charge in [-0.2, -0.15) is 0 Å². The second-order valence-corrected chi connectivity index (χ2v) is 7.34. The summed E-state index contributed by atoms with van der Waals surface area (Å²) in [6.45, 7) is 0.611. The lowest BCUT2D eigenvalue weighted by Gasteiger charge is -2.26. The van der Waals surface area contributed by atoms with Crippen molar-refractivity contribution >= 4 is 17.4 Å². The molecule has 1 aliphatic carbocycles. The van der Waals surface area contributed by atoms with E-state index in [1.807, 2.05) is 0 Å². The summed E-state index contributed by atoms with van der Waals surface area (Å²) in [4.78, 5) is 25.0. The van der Waals surface area contributed by atoms with Crippen LogP contribution in [0.3, 0.4) is 0 Å². The van der Waals surface area contributed by atoms with Crippen molar-refractivity contribution < 1.29 is 23.8 Å². The number of nitrogens with one attached hydrogen (secondary N) is 1. The Morgan fingerprint density at radius 1 is 1.06 bits per heavy atom. The Hall–Kier alpha value is -2.88. The highest BCUT2D eigenvalue weighted by atomic mass is 16.5. The molecule has 3 rings (SSSR count). The first-order chi connectivity index (χ1) is 15.1. The molecule has 31 heavy (non-hydrogen) atoms. The highest BCUT2D eigenvalue weighted by Gasteiger charge is 2.19. The highest BCUT2D eigenvalue weighted by Crippen LogP contribution is 2.20. The molecule has 2 aromatic rings. The van der Waals surface area contributed by atoms with E-state index in [2.05, 4.69) is 15.5 Å². The van der Waals surface area contributed by atoms with Gasteiger partial charge in [-0.05, 0) is 43.9 Å². The first-order valence-corrected chi connectivity index (χ1v) is 10.3. The number of hydrogen-bond acceptors (Lipinski definition) is 8. The van der Waals surface area contributed by atoms with E-state index in [1.165, 1.54) is 13.2 Å². The molecule has 0 unspecified atom stereocenters. The van der Waals surface area contributed by atoms with Crippen LogP contribution in [-0.2, 0) is 14.3 Å². The van der Waals surface area contributed by atoms with Crippen LogP contribution in [0.4, 0.5) is 5.69 Å². The Morgan fingerprint density at radius 3 is 2.55 bits per heavy atom. The van der Waals surface area contributed by atoms with Gasteiger partial charge in [0.2, 0.25) is 17.6 Å². The van der Waals surface area contributed by atoms with Crippen LogP contribution in [0.1, 0.15) is 41.7 Å². The van der Waals surface area contributed by atoms with Gasteiger partial charge in [0.25, 0.3) is 0 Å². The van der Waals surface area contributed by atoms with Crippen molar-refractivity contribution in [3.05, 3.63) is 47.7 Å². The van der Waals surface area contributed by atoms with Crippen LogP contribution in [0.15, 0.2) is 36.4 Å². The first-order valence-electron chi connectivity index (χ1n) is 10.3. The summed E-state index contributed by atoms with van der Waals surface area (Å²) in [6, 6.07) is 10.1. The standard InChI is InChI=1S/C22H28N4O5/c1-29-21-11-10-19(25-26-21)22(28)17-4-2-3-5-18(17)24-20(27)14-30-12-13-31-16-8-6-15(23)7-9-16/h2-5,10-11,15-16H,6-9,12-14,23H2,1H3,(H,24,27). The third kappa shape index (κ3) is 6.81. The molecule has 0 spiro atoms. The van der Waals surface area contributed by atoms with Crippen LogP contribution < -0.4 is 15.8 Å². The number of para-hydroxylation sites is 1. The number of methoxy groups -OCH3 is 1. The van der Waals surface area contributed by atoms with Crippen LogP contribution in [0.2, 0.25) is 0 Å². The van der Waals surface area contributed by atoms with E-state index in [1.54, 1.807) is 30.3 Å². The van der Waals surface area contributed by atoms with Crippen molar-refractivity contribution in [1.29, 1.82) is 0 Å². The van der Waals surface area contributed by atoms with E-state index in [4.69, 9.17) is 19.9 Å². The largest absolute Gasteiger partial charge is 0.480 e. The van der Waals surface area contributed by atoms with Gasteiger partial charge in [-0.3, -0.25) is 9.59 Å². The normalized spacial score (nSPS) is 18.4. The zero-order valence-electron chi connectivity index (χ0n) is 17.6. The molecule has 166 valence electrons. The van der Waals surface area contributed by atoms with Crippen molar-refractivity contribution in [2.45, 2.75) is 37.8 Å². The molecule has 0 bridgehead atoms. The maximum absolute atomic E-state index is 12.8. The van der Waals surface area contributed by atoms with Crippen molar-refractivity contribution in [1.82, 2.24) is 10.2 Å². The number of hydrogen-bond donors (Lipinski definition) is 2. The Labute approximate surface area is 181 Å². The average molecular weight is 428 g/mol. The van der Waals surface area contributed by atoms with E-state index in [-0.39, 0.29) is 36.1 Å². The minimum atomic E-state index is -0.357. The number of rotatable bonds is 10. The van der Waals surface area contributed by atoms with Gasteiger partial charge in [0.15, 0.2) is 0 Å². The molecular weight excluding hydrogens is 400 g/mol. The number of nitrogens with zero attached hydrogens (tertiary/aromatic N) is 2. The minimum Gasteiger partial charge on any atom is -0.480 e. The molecule has 1 saturated carbocycles. The first kappa shape index (κ1) is 22.8. The number of ether oxygens (including phenoxy) is 3. The van der Waals surface area contributed by atoms with Gasteiger partial charge in [0.05, 0.1) is 32.1 Å². The highest BCUT2D eigenvalue weighted by molar-refractivity contribution is 6.12. The maximum atomic E-state index is 12.8. The van der Waals surface area contributed by atoms with E-state index in [0.29, 0.717) is 30.3 Å². The molecule has 0 aliphatic heterocycles. The van der Waals surface area contributed by atoms with Crippen molar-refractivity contribution in [2.24, 2.45) is 5.73 Å². The number of benzene rings is 1. The van der Waals surface area contributed by atoms with Gasteiger partial charge in [-0.1, -0.05) is 12.1 Å². The van der Waals surface area contributed by atoms with Crippen LogP contribution in [0.25, 0.3) is 0 Å². The zero-order chi connectivity index (χ0) is 22.1. The lowest BCUT2D eigenvalue weighted by atomic mass is 9.94. The molecule has 0 atom stereocenters. The Balaban J connectivity index is 1.46. The molecule has 1 aromatic carbocycles. The summed E-state index contributed by atoms with van der Waals surface area (Å²) < 4.78 is 16.1. The topological polar surface area (TPSA) is 126 Å². The number of anilines is 1. The van der Waals surface area contributed by atoms with Crippen LogP contribution in [0, 0.1) is 0 Å². The Morgan fingerprint density at radius 2 is 1.84 bits per heavy atom. The predicted molar refractivity (Wildman–Crippen MR) is 114 cm³/mol. The van der Waals surface area contributed by atoms with Gasteiger partial charge >= 0.3 is 0 Å². The molecule has 1 aromatic heterocycles. The molecule has 9 nitrogen and oxygen atoms in total. The molecule has 1 aliphatic rings. The van der Waals surface area contributed by atoms with Gasteiger partial charge in [0.1, 0.15) is 12.3 Å². The average Bonchev–Trinajstić information content (AvgIpc) is 2.80. The minimum absolute atomic E-state index is 0.135. The fourth-order valence-corrected chi connectivity index (χ4v) is 3.36. The summed E-state index contributed by atoms with van der Waals surface area (Å²) in [5.74, 6) is -0.399. The molecule has 1 amide bonds. The molecule has 0 saturated heterocycles. The molecule has 1 heterocycles. The molecular formula is C22H28N4O5. The summed E-state index contributed by atoms with van der Waals surface area (Å²) >= 11 is 0. The van der Waals surface area contributed by atoms with Gasteiger partial charge < -0.3 is 25.3 Å². The van der Waals surface area contributed by atoms with Crippen molar-refractivity contribution in [3.8, 4) is 5.88 Å². The number of carbonyl (C=O) groups excluding carboxylic acids is 2. The molecule has 9 heteroatoms. The van der Waals surface area contributed by atoms with E-state index in [0.717, 1.165) is 25.7 Å². The monoisotopic (exact) mass is 428 g/mol. The smallest absolute Gasteiger partial charge is 0.250 e. The van der Waals surface area contributed by atoms with Crippen LogP contribution in [0.5, 0.6) is 5.88 Å². The number of aromatic nitrogens is 2. The third-order valence-electron chi connectivity index (χ3n) is 5.06. The Kier molecular flexibility index (Phi) is 8.45. The molecule has 1 fully saturated rings. The molecule has 3 N–H and O–H groups in total. The zero-order valence-corrected chi connectivity index (χ0v) is 17.6. The third-order valence-corrected chi connectivity index (χ3v) is 5.06. The summed E-state index contributed by atoms with van der Waals surface area (Å²) in [6.07, 6.45) is 4.11. The lowest BCUT2D eigenvalue weighted by molar-refractivity contribution is -0.121. The lowest BCUT2D eigenvalue weighted by Crippen LogP contribution is -2.31. The fourth-order valence-electron chi connectivity index (χ4n) is 3.36. The van der Waals surface area contributed by atoms with Gasteiger partial charge in [-0.25, -0.2) is 0 Å². The van der Waals surface area contributed by atoms with Gasteiger partial charge in [0, 0.05) is 17.7 Å². The summed E-state index contributed by atoms with van der Waals surface area (Å²) in [5.41, 5.74) is 6.74. The quantitative estimate of drug-likeness (QED) is 0.434. The van der Waals surface area contributed by atoms with E-state index >= 15 is 0 Å². The number of ketones is 1. The SMILES string of the molecule is COc1ccc(C(=O)c2ccccc2NC(=O)COCCOC2CCC(N)CC2)nn1. The maximum Gasteiger partial charge on any atom is 0.250 e. The van der Waals surface area contributed by atoms with E-state index in [9.17, 15) is 9.59 Å². The fraction of sp³-hybridized carbons (Fsp3) is 0.455. The van der Waals surface area contributed by atoms with E-state index < -0.39 is 0 Å². The summed E-state index contributed by atoms with van der Waals surface area (Å²) in [5, 5.41) is 10.4. The van der Waals surface area contributed by atoms with Crippen molar-refractivity contribution in [3.63, 3.8) is 0 Å². The van der Waals surface area contributed by atoms with Crippen LogP contribution in [-0.4, -0.2) is 61.0 Å². The predicted octanol–water partition coefficient (Wildman–Crippen LogP) is 1.96. The summed E-state index contributed by atoms with van der Waals surface area (Å²) in [7, 11) is 1.47. The van der Waals surface area contributed by atoms with Crippen LogP contribution >= 0.6 is 0 Å². The van der Waals surface area contributed by atoms with Gasteiger partial charge in [-0.15, -0.1) is 10.2 Å². The number of carbonyl (C=O) groups is 2. The molecule has 0 radical (unpaired) electrons. The second kappa shape index (κ2) is 11.5. The Bertz CT molecular complexity index is 866. The number of nitrogens with two attached hydrogens (primary N) is 1.